The Kier molecular flexibility index (Phi) is 9.17. The molecule has 0 aliphatic heterocycles. The van der Waals surface area contributed by atoms with Gasteiger partial charge in [0, 0.05) is 6.42 Å². The molecule has 0 heterocycles. The number of ether oxygens (including phenoxy) is 1. The van der Waals surface area contributed by atoms with E-state index in [0.29, 0.717) is 13.0 Å². The van der Waals surface area contributed by atoms with E-state index < -0.39 is 0 Å². The van der Waals surface area contributed by atoms with Crippen molar-refractivity contribution < 1.29 is 9.53 Å². The van der Waals surface area contributed by atoms with E-state index in [1.807, 2.05) is 0 Å². The van der Waals surface area contributed by atoms with E-state index in [4.69, 9.17) is 4.74 Å². The Balaban J connectivity index is 3.11. The minimum atomic E-state index is -0.0513. The van der Waals surface area contributed by atoms with E-state index in [2.05, 4.69) is 13.8 Å². The van der Waals surface area contributed by atoms with Gasteiger partial charge < -0.3 is 4.74 Å². The van der Waals surface area contributed by atoms with E-state index in [1.165, 1.54) is 6.42 Å². The molecule has 1 radical (unpaired) electrons. The van der Waals surface area contributed by atoms with Crippen LogP contribution in [0.25, 0.3) is 0 Å². The molecule has 0 N–H and O–H groups in total. The molecule has 2 nitrogen and oxygen atoms in total. The first-order valence-electron chi connectivity index (χ1n) is 5.26. The van der Waals surface area contributed by atoms with Gasteiger partial charge in [0.2, 0.25) is 0 Å². The summed E-state index contributed by atoms with van der Waals surface area (Å²) in [5.41, 5.74) is 0. The highest BCUT2D eigenvalue weighted by Gasteiger charge is 2.00. The van der Waals surface area contributed by atoms with E-state index in [0.717, 1.165) is 32.1 Å². The normalized spacial score (nSPS) is 10.0. The smallest absolute Gasteiger partial charge is 0.305 e. The van der Waals surface area contributed by atoms with Gasteiger partial charge in [-0.1, -0.05) is 39.5 Å². The van der Waals surface area contributed by atoms with Gasteiger partial charge in [-0.15, -0.1) is 0 Å². The van der Waals surface area contributed by atoms with Crippen molar-refractivity contribution in [1.82, 2.24) is 0 Å². The molecule has 0 amide bonds. The van der Waals surface area contributed by atoms with Crippen molar-refractivity contribution >= 4 is 5.97 Å². The first-order chi connectivity index (χ1) is 6.31. The summed E-state index contributed by atoms with van der Waals surface area (Å²) >= 11 is 0. The Hall–Kier alpha value is -0.530. The Bertz CT molecular complexity index is 121. The van der Waals surface area contributed by atoms with Crippen molar-refractivity contribution in [3.05, 3.63) is 6.92 Å². The molecule has 0 saturated heterocycles. The number of unbranched alkanes of at least 4 members (excludes halogenated alkanes) is 4. The highest BCUT2D eigenvalue weighted by atomic mass is 16.5. The van der Waals surface area contributed by atoms with Crippen molar-refractivity contribution in [1.29, 1.82) is 0 Å². The van der Waals surface area contributed by atoms with Crippen molar-refractivity contribution in [2.45, 2.75) is 51.9 Å². The molecule has 0 aliphatic carbocycles. The molecule has 0 saturated carbocycles. The summed E-state index contributed by atoms with van der Waals surface area (Å²) in [5, 5.41) is 0. The summed E-state index contributed by atoms with van der Waals surface area (Å²) in [6, 6.07) is 0. The van der Waals surface area contributed by atoms with Crippen LogP contribution in [0.3, 0.4) is 0 Å². The average molecular weight is 185 g/mol. The second kappa shape index (κ2) is 9.56. The fourth-order valence-corrected chi connectivity index (χ4v) is 1.06. The summed E-state index contributed by atoms with van der Waals surface area (Å²) < 4.78 is 5.03. The number of carbonyl (C=O) groups excluding carboxylic acids is 1. The summed E-state index contributed by atoms with van der Waals surface area (Å²) in [5.74, 6) is -0.0513. The lowest BCUT2D eigenvalue weighted by atomic mass is 10.2. The molecule has 0 aliphatic rings. The molecule has 0 spiro atoms. The summed E-state index contributed by atoms with van der Waals surface area (Å²) in [6.07, 6.45) is 6.70. The molecular formula is C11H21O2. The minimum Gasteiger partial charge on any atom is -0.466 e. The lowest BCUT2D eigenvalue weighted by Crippen LogP contribution is -2.05. The van der Waals surface area contributed by atoms with Crippen molar-refractivity contribution in [3.8, 4) is 0 Å². The SMILES string of the molecule is [CH2]CCCCC(=O)OCCCCC. The summed E-state index contributed by atoms with van der Waals surface area (Å²) in [7, 11) is 0. The van der Waals surface area contributed by atoms with Gasteiger partial charge >= 0.3 is 5.97 Å². The van der Waals surface area contributed by atoms with Crippen molar-refractivity contribution in [3.63, 3.8) is 0 Å². The molecule has 0 bridgehead atoms. The van der Waals surface area contributed by atoms with E-state index in [9.17, 15) is 4.79 Å². The Morgan fingerprint density at radius 2 is 2.00 bits per heavy atom. The second-order valence-corrected chi connectivity index (χ2v) is 3.24. The first-order valence-corrected chi connectivity index (χ1v) is 5.26. The van der Waals surface area contributed by atoms with Gasteiger partial charge in [-0.25, -0.2) is 0 Å². The molecule has 13 heavy (non-hydrogen) atoms. The van der Waals surface area contributed by atoms with Gasteiger partial charge in [0.25, 0.3) is 0 Å². The maximum absolute atomic E-state index is 11.0. The van der Waals surface area contributed by atoms with Gasteiger partial charge in [0.05, 0.1) is 6.61 Å². The Morgan fingerprint density at radius 3 is 2.62 bits per heavy atom. The molecule has 0 unspecified atom stereocenters. The molecule has 0 aromatic heterocycles. The largest absolute Gasteiger partial charge is 0.466 e. The Labute approximate surface area is 81.7 Å². The van der Waals surface area contributed by atoms with E-state index in [-0.39, 0.29) is 5.97 Å². The Morgan fingerprint density at radius 1 is 1.23 bits per heavy atom. The lowest BCUT2D eigenvalue weighted by Gasteiger charge is -2.03. The van der Waals surface area contributed by atoms with Crippen LogP contribution in [0.15, 0.2) is 0 Å². The van der Waals surface area contributed by atoms with Crippen LogP contribution in [-0.4, -0.2) is 12.6 Å². The monoisotopic (exact) mass is 185 g/mol. The maximum Gasteiger partial charge on any atom is 0.305 e. The van der Waals surface area contributed by atoms with Crippen LogP contribution in [0.5, 0.6) is 0 Å². The molecule has 77 valence electrons. The van der Waals surface area contributed by atoms with Crippen LogP contribution < -0.4 is 0 Å². The quantitative estimate of drug-likeness (QED) is 0.429. The van der Waals surface area contributed by atoms with E-state index >= 15 is 0 Å². The number of hydrogen-bond donors (Lipinski definition) is 0. The third-order valence-electron chi connectivity index (χ3n) is 1.89. The molecule has 0 aromatic carbocycles. The van der Waals surface area contributed by atoms with Crippen LogP contribution in [0.4, 0.5) is 0 Å². The van der Waals surface area contributed by atoms with Crippen LogP contribution in [0, 0.1) is 6.92 Å². The van der Waals surface area contributed by atoms with Crippen molar-refractivity contribution in [2.24, 2.45) is 0 Å². The van der Waals surface area contributed by atoms with E-state index in [1.54, 1.807) is 0 Å². The fraction of sp³-hybridized carbons (Fsp3) is 0.818. The van der Waals surface area contributed by atoms with Gasteiger partial charge in [-0.2, -0.15) is 0 Å². The highest BCUT2D eigenvalue weighted by molar-refractivity contribution is 5.69. The standard InChI is InChI=1S/C11H21O2/c1-3-5-7-9-11(12)13-10-8-6-4-2/h1,3-10H2,2H3. The van der Waals surface area contributed by atoms with Gasteiger partial charge in [0.15, 0.2) is 0 Å². The van der Waals surface area contributed by atoms with Crippen LogP contribution in [-0.2, 0) is 9.53 Å². The van der Waals surface area contributed by atoms with Crippen LogP contribution in [0.2, 0.25) is 0 Å². The predicted molar refractivity (Wildman–Crippen MR) is 54.3 cm³/mol. The maximum atomic E-state index is 11.0. The molecule has 0 fully saturated rings. The number of carbonyl (C=O) groups is 1. The zero-order chi connectivity index (χ0) is 9.94. The summed E-state index contributed by atoms with van der Waals surface area (Å²) in [4.78, 5) is 11.0. The lowest BCUT2D eigenvalue weighted by molar-refractivity contribution is -0.143. The van der Waals surface area contributed by atoms with Crippen molar-refractivity contribution in [2.75, 3.05) is 6.61 Å². The van der Waals surface area contributed by atoms with Crippen LogP contribution >= 0.6 is 0 Å². The predicted octanol–water partition coefficient (Wildman–Crippen LogP) is 3.11. The topological polar surface area (TPSA) is 26.3 Å². The minimum absolute atomic E-state index is 0.0513. The first kappa shape index (κ1) is 12.5. The second-order valence-electron chi connectivity index (χ2n) is 3.24. The molecule has 0 aromatic rings. The third kappa shape index (κ3) is 9.38. The molecular weight excluding hydrogens is 164 g/mol. The third-order valence-corrected chi connectivity index (χ3v) is 1.89. The van der Waals surface area contributed by atoms with Gasteiger partial charge in [-0.3, -0.25) is 4.79 Å². The van der Waals surface area contributed by atoms with Gasteiger partial charge in [-0.05, 0) is 12.8 Å². The highest BCUT2D eigenvalue weighted by Crippen LogP contribution is 2.01. The number of esters is 1. The van der Waals surface area contributed by atoms with Gasteiger partial charge in [0.1, 0.15) is 0 Å². The summed E-state index contributed by atoms with van der Waals surface area (Å²) in [6.45, 7) is 6.45. The number of hydrogen-bond acceptors (Lipinski definition) is 2. The molecule has 0 atom stereocenters. The zero-order valence-electron chi connectivity index (χ0n) is 8.68. The zero-order valence-corrected chi connectivity index (χ0v) is 8.68. The number of rotatable bonds is 8. The average Bonchev–Trinajstić information content (AvgIpc) is 2.13. The molecule has 0 rings (SSSR count). The fourth-order valence-electron chi connectivity index (χ4n) is 1.06. The molecule has 2 heteroatoms. The van der Waals surface area contributed by atoms with Crippen LogP contribution in [0.1, 0.15) is 51.9 Å².